The van der Waals surface area contributed by atoms with Crippen molar-refractivity contribution in [2.45, 2.75) is 50.1 Å². The van der Waals surface area contributed by atoms with Gasteiger partial charge in [-0.05, 0) is 45.2 Å². The van der Waals surface area contributed by atoms with E-state index in [1.165, 1.54) is 4.31 Å². The topological polar surface area (TPSA) is 63.7 Å². The van der Waals surface area contributed by atoms with Gasteiger partial charge in [0, 0.05) is 11.4 Å². The minimum Gasteiger partial charge on any atom is -0.465 e. The van der Waals surface area contributed by atoms with Crippen LogP contribution in [0.15, 0.2) is 29.2 Å². The zero-order chi connectivity index (χ0) is 17.0. The molecule has 0 amide bonds. The molecular weight excluding hydrogens is 382 g/mol. The van der Waals surface area contributed by atoms with Gasteiger partial charge < -0.3 is 4.74 Å². The van der Waals surface area contributed by atoms with E-state index in [2.05, 4.69) is 15.9 Å². The summed E-state index contributed by atoms with van der Waals surface area (Å²) in [7, 11) is -3.73. The van der Waals surface area contributed by atoms with Crippen LogP contribution in [0, 0.1) is 6.92 Å². The minimum absolute atomic E-state index is 0.185. The van der Waals surface area contributed by atoms with E-state index in [4.69, 9.17) is 4.74 Å². The number of alkyl halides is 1. The third-order valence-corrected chi connectivity index (χ3v) is 6.47. The molecule has 0 spiro atoms. The Kier molecular flexibility index (Phi) is 6.22. The van der Waals surface area contributed by atoms with E-state index in [0.29, 0.717) is 24.6 Å². The van der Waals surface area contributed by atoms with Gasteiger partial charge >= 0.3 is 5.97 Å². The summed E-state index contributed by atoms with van der Waals surface area (Å²) in [6.45, 7) is 3.87. The summed E-state index contributed by atoms with van der Waals surface area (Å²) in [6.07, 6.45) is 1.84. The Labute approximate surface area is 146 Å². The third-order valence-electron chi connectivity index (χ3n) is 4.04. The summed E-state index contributed by atoms with van der Waals surface area (Å²) in [5.74, 6) is -0.458. The molecule has 1 aliphatic heterocycles. The number of rotatable bonds is 6. The van der Waals surface area contributed by atoms with Crippen molar-refractivity contribution in [1.82, 2.24) is 4.31 Å². The molecule has 1 aliphatic rings. The van der Waals surface area contributed by atoms with E-state index in [9.17, 15) is 13.2 Å². The molecule has 1 saturated heterocycles. The van der Waals surface area contributed by atoms with Crippen LogP contribution in [-0.2, 0) is 19.6 Å². The highest BCUT2D eigenvalue weighted by molar-refractivity contribution is 9.09. The van der Waals surface area contributed by atoms with Crippen LogP contribution in [0.3, 0.4) is 0 Å². The van der Waals surface area contributed by atoms with Gasteiger partial charge in [0.15, 0.2) is 0 Å². The van der Waals surface area contributed by atoms with Gasteiger partial charge in [-0.15, -0.1) is 0 Å². The van der Waals surface area contributed by atoms with Gasteiger partial charge in [0.25, 0.3) is 0 Å². The minimum atomic E-state index is -3.73. The quantitative estimate of drug-likeness (QED) is 0.540. The highest BCUT2D eigenvalue weighted by Crippen LogP contribution is 2.33. The number of carbonyl (C=O) groups is 1. The molecular formula is C16H22BrNO4S. The molecule has 5 nitrogen and oxygen atoms in total. The first kappa shape index (κ1) is 18.4. The van der Waals surface area contributed by atoms with Crippen LogP contribution in [0.5, 0.6) is 0 Å². The fraction of sp³-hybridized carbons (Fsp3) is 0.562. The molecule has 7 heteroatoms. The lowest BCUT2D eigenvalue weighted by Crippen LogP contribution is -2.45. The molecule has 0 unspecified atom stereocenters. The first-order valence-electron chi connectivity index (χ1n) is 7.74. The van der Waals surface area contributed by atoms with E-state index in [1.54, 1.807) is 31.2 Å². The van der Waals surface area contributed by atoms with Crippen LogP contribution in [0.1, 0.15) is 31.7 Å². The number of sulfonamides is 1. The summed E-state index contributed by atoms with van der Waals surface area (Å²) < 4.78 is 32.5. The average molecular weight is 404 g/mol. The van der Waals surface area contributed by atoms with Crippen LogP contribution in [0.2, 0.25) is 0 Å². The number of hydrogen-bond donors (Lipinski definition) is 0. The predicted octanol–water partition coefficient (Wildman–Crippen LogP) is 2.86. The van der Waals surface area contributed by atoms with E-state index in [1.807, 2.05) is 6.92 Å². The molecule has 2 rings (SSSR count). The standard InChI is InChI=1S/C16H22BrNO4S/c1-3-22-16(19)15-9-6-13(10-11-17)18(15)23(20,21)14-7-4-12(2)5-8-14/h4-5,7-8,13,15H,3,6,9-11H2,1-2H3/t13-,15+/m0/s1. The fourth-order valence-electron chi connectivity index (χ4n) is 2.91. The average Bonchev–Trinajstić information content (AvgIpc) is 2.93. The molecule has 128 valence electrons. The smallest absolute Gasteiger partial charge is 0.324 e. The second-order valence-corrected chi connectivity index (χ2v) is 8.26. The summed E-state index contributed by atoms with van der Waals surface area (Å²) in [5.41, 5.74) is 0.990. The van der Waals surface area contributed by atoms with Gasteiger partial charge in [0.05, 0.1) is 11.5 Å². The van der Waals surface area contributed by atoms with Crippen molar-refractivity contribution in [2.24, 2.45) is 0 Å². The van der Waals surface area contributed by atoms with Gasteiger partial charge in [0.1, 0.15) is 6.04 Å². The molecule has 1 fully saturated rings. The number of nitrogens with zero attached hydrogens (tertiary/aromatic N) is 1. The van der Waals surface area contributed by atoms with Crippen LogP contribution < -0.4 is 0 Å². The number of carbonyl (C=O) groups excluding carboxylic acids is 1. The first-order valence-corrected chi connectivity index (χ1v) is 10.3. The maximum atomic E-state index is 13.1. The number of hydrogen-bond acceptors (Lipinski definition) is 4. The molecule has 23 heavy (non-hydrogen) atoms. The first-order chi connectivity index (χ1) is 10.9. The Balaban J connectivity index is 2.39. The Morgan fingerprint density at radius 2 is 1.96 bits per heavy atom. The van der Waals surface area contributed by atoms with Gasteiger partial charge in [-0.1, -0.05) is 33.6 Å². The Morgan fingerprint density at radius 1 is 1.30 bits per heavy atom. The molecule has 0 saturated carbocycles. The van der Waals surface area contributed by atoms with Crippen molar-refractivity contribution >= 4 is 31.9 Å². The number of ether oxygens (including phenoxy) is 1. The van der Waals surface area contributed by atoms with Crippen LogP contribution in [-0.4, -0.2) is 42.7 Å². The highest BCUT2D eigenvalue weighted by Gasteiger charge is 2.45. The SMILES string of the molecule is CCOC(=O)[C@H]1CC[C@@H](CCBr)N1S(=O)(=O)c1ccc(C)cc1. The number of aryl methyl sites for hydroxylation is 1. The van der Waals surface area contributed by atoms with Crippen molar-refractivity contribution in [3.8, 4) is 0 Å². The monoisotopic (exact) mass is 403 g/mol. The van der Waals surface area contributed by atoms with Gasteiger partial charge in [0.2, 0.25) is 10.0 Å². The van der Waals surface area contributed by atoms with Crippen LogP contribution >= 0.6 is 15.9 Å². The van der Waals surface area contributed by atoms with Crippen molar-refractivity contribution in [2.75, 3.05) is 11.9 Å². The van der Waals surface area contributed by atoms with Crippen LogP contribution in [0.25, 0.3) is 0 Å². The van der Waals surface area contributed by atoms with Crippen molar-refractivity contribution in [3.05, 3.63) is 29.8 Å². The maximum Gasteiger partial charge on any atom is 0.324 e. The lowest BCUT2D eigenvalue weighted by Gasteiger charge is -2.28. The zero-order valence-electron chi connectivity index (χ0n) is 13.4. The lowest BCUT2D eigenvalue weighted by molar-refractivity contribution is -0.147. The molecule has 2 atom stereocenters. The maximum absolute atomic E-state index is 13.1. The molecule has 1 heterocycles. The molecule has 0 N–H and O–H groups in total. The Hall–Kier alpha value is -0.920. The molecule has 0 bridgehead atoms. The summed E-state index contributed by atoms with van der Waals surface area (Å²) in [4.78, 5) is 12.4. The van der Waals surface area contributed by atoms with Gasteiger partial charge in [-0.2, -0.15) is 4.31 Å². The van der Waals surface area contributed by atoms with Crippen molar-refractivity contribution in [1.29, 1.82) is 0 Å². The van der Waals surface area contributed by atoms with E-state index in [0.717, 1.165) is 5.56 Å². The second-order valence-electron chi connectivity index (χ2n) is 5.62. The highest BCUT2D eigenvalue weighted by atomic mass is 79.9. The van der Waals surface area contributed by atoms with Crippen molar-refractivity contribution in [3.63, 3.8) is 0 Å². The summed E-state index contributed by atoms with van der Waals surface area (Å²) in [6, 6.07) is 5.80. The Morgan fingerprint density at radius 3 is 2.52 bits per heavy atom. The van der Waals surface area contributed by atoms with E-state index in [-0.39, 0.29) is 17.5 Å². The van der Waals surface area contributed by atoms with Crippen molar-refractivity contribution < 1.29 is 17.9 Å². The molecule has 0 aromatic heterocycles. The number of halogens is 1. The summed E-state index contributed by atoms with van der Waals surface area (Å²) in [5, 5.41) is 0.688. The largest absolute Gasteiger partial charge is 0.465 e. The fourth-order valence-corrected chi connectivity index (χ4v) is 5.29. The van der Waals surface area contributed by atoms with Gasteiger partial charge in [-0.3, -0.25) is 4.79 Å². The lowest BCUT2D eigenvalue weighted by atomic mass is 10.1. The van der Waals surface area contributed by atoms with E-state index < -0.39 is 22.0 Å². The Bertz CT molecular complexity index is 645. The van der Waals surface area contributed by atoms with Crippen LogP contribution in [0.4, 0.5) is 0 Å². The predicted molar refractivity (Wildman–Crippen MR) is 92.1 cm³/mol. The third kappa shape index (κ3) is 3.95. The number of esters is 1. The van der Waals surface area contributed by atoms with Gasteiger partial charge in [-0.25, -0.2) is 8.42 Å². The molecule has 1 aromatic rings. The molecule has 0 aliphatic carbocycles. The second kappa shape index (κ2) is 7.77. The van der Waals surface area contributed by atoms with E-state index >= 15 is 0 Å². The molecule has 0 radical (unpaired) electrons. The normalized spacial score (nSPS) is 22.2. The zero-order valence-corrected chi connectivity index (χ0v) is 15.8. The summed E-state index contributed by atoms with van der Waals surface area (Å²) >= 11 is 3.37. The number of benzene rings is 1. The molecule has 1 aromatic carbocycles.